The van der Waals surface area contributed by atoms with Gasteiger partial charge in [-0.3, -0.25) is 4.79 Å². The van der Waals surface area contributed by atoms with Crippen LogP contribution >= 0.6 is 0 Å². The smallest absolute Gasteiger partial charge is 0.222 e. The minimum Gasteiger partial charge on any atom is -0.342 e. The molecule has 2 rings (SSSR count). The first-order chi connectivity index (χ1) is 6.22. The van der Waals surface area contributed by atoms with Crippen molar-refractivity contribution in [3.05, 3.63) is 0 Å². The Morgan fingerprint density at radius 1 is 1.38 bits per heavy atom. The highest BCUT2D eigenvalue weighted by atomic mass is 16.2. The van der Waals surface area contributed by atoms with Crippen LogP contribution in [0.15, 0.2) is 0 Å². The molecule has 1 aliphatic carbocycles. The molecule has 74 valence electrons. The first kappa shape index (κ1) is 9.04. The Morgan fingerprint density at radius 3 is 2.77 bits per heavy atom. The molecule has 2 heteroatoms. The number of hydrogen-bond donors (Lipinski definition) is 0. The first-order valence-corrected chi connectivity index (χ1v) is 5.50. The van der Waals surface area contributed by atoms with E-state index in [0.717, 1.165) is 30.8 Å². The average Bonchev–Trinajstić information content (AvgIpc) is 2.67. The number of carbonyl (C=O) groups is 1. The second-order valence-corrected chi connectivity index (χ2v) is 4.63. The largest absolute Gasteiger partial charge is 0.342 e. The lowest BCUT2D eigenvalue weighted by atomic mass is 9.94. The molecule has 0 aromatic rings. The zero-order valence-electron chi connectivity index (χ0n) is 8.62. The van der Waals surface area contributed by atoms with Gasteiger partial charge in [0.15, 0.2) is 0 Å². The number of nitrogens with zero attached hydrogens (tertiary/aromatic N) is 1. The van der Waals surface area contributed by atoms with Gasteiger partial charge in [-0.25, -0.2) is 0 Å². The van der Waals surface area contributed by atoms with E-state index in [4.69, 9.17) is 0 Å². The van der Waals surface area contributed by atoms with E-state index in [1.165, 1.54) is 12.8 Å². The molecule has 1 saturated carbocycles. The molecule has 1 saturated heterocycles. The average molecular weight is 181 g/mol. The normalized spacial score (nSPS) is 38.0. The molecule has 0 bridgehead atoms. The highest BCUT2D eigenvalue weighted by molar-refractivity contribution is 5.76. The topological polar surface area (TPSA) is 20.3 Å². The van der Waals surface area contributed by atoms with Crippen molar-refractivity contribution in [2.75, 3.05) is 13.1 Å². The van der Waals surface area contributed by atoms with Gasteiger partial charge in [-0.15, -0.1) is 0 Å². The third kappa shape index (κ3) is 1.47. The van der Waals surface area contributed by atoms with E-state index in [-0.39, 0.29) is 0 Å². The summed E-state index contributed by atoms with van der Waals surface area (Å²) in [5.74, 6) is 2.84. The molecule has 2 fully saturated rings. The van der Waals surface area contributed by atoms with Crippen LogP contribution in [0, 0.1) is 17.8 Å². The van der Waals surface area contributed by atoms with Gasteiger partial charge in [0.05, 0.1) is 0 Å². The Bertz CT molecular complexity index is 214. The zero-order valence-corrected chi connectivity index (χ0v) is 8.62. The second kappa shape index (κ2) is 3.32. The highest BCUT2D eigenvalue weighted by Gasteiger charge is 2.41. The monoisotopic (exact) mass is 181 g/mol. The summed E-state index contributed by atoms with van der Waals surface area (Å²) in [7, 11) is 0. The molecule has 0 radical (unpaired) electrons. The van der Waals surface area contributed by atoms with Crippen LogP contribution in [-0.2, 0) is 4.79 Å². The molecule has 0 aromatic heterocycles. The summed E-state index contributed by atoms with van der Waals surface area (Å²) < 4.78 is 0. The van der Waals surface area contributed by atoms with E-state index < -0.39 is 0 Å². The SMILES string of the molecule is CCC(=O)N1CC2CCC(C)C2C1. The number of likely N-dealkylation sites (tertiary alicyclic amines) is 1. The quantitative estimate of drug-likeness (QED) is 0.605. The molecule has 3 unspecified atom stereocenters. The Kier molecular flexibility index (Phi) is 2.31. The Morgan fingerprint density at radius 2 is 2.15 bits per heavy atom. The van der Waals surface area contributed by atoms with Crippen molar-refractivity contribution in [2.45, 2.75) is 33.1 Å². The standard InChI is InChI=1S/C11H19NO/c1-3-11(13)12-6-9-5-4-8(2)10(9)7-12/h8-10H,3-7H2,1-2H3. The molecule has 0 spiro atoms. The lowest BCUT2D eigenvalue weighted by Gasteiger charge is -2.17. The zero-order chi connectivity index (χ0) is 9.42. The molecule has 0 N–H and O–H groups in total. The fourth-order valence-electron chi connectivity index (χ4n) is 2.96. The van der Waals surface area contributed by atoms with Crippen molar-refractivity contribution in [3.8, 4) is 0 Å². The summed E-state index contributed by atoms with van der Waals surface area (Å²) in [5.41, 5.74) is 0. The van der Waals surface area contributed by atoms with Crippen molar-refractivity contribution in [2.24, 2.45) is 17.8 Å². The van der Waals surface area contributed by atoms with Gasteiger partial charge in [0.1, 0.15) is 0 Å². The van der Waals surface area contributed by atoms with Gasteiger partial charge in [-0.05, 0) is 24.2 Å². The molecule has 13 heavy (non-hydrogen) atoms. The van der Waals surface area contributed by atoms with E-state index in [1.54, 1.807) is 0 Å². The Balaban J connectivity index is 1.98. The van der Waals surface area contributed by atoms with Gasteiger partial charge in [0, 0.05) is 19.5 Å². The van der Waals surface area contributed by atoms with Crippen molar-refractivity contribution >= 4 is 5.91 Å². The fourth-order valence-corrected chi connectivity index (χ4v) is 2.96. The summed E-state index contributed by atoms with van der Waals surface area (Å²) in [4.78, 5) is 13.6. The molecular formula is C11H19NO. The predicted octanol–water partition coefficient (Wildman–Crippen LogP) is 1.90. The van der Waals surface area contributed by atoms with Crippen LogP contribution in [0.3, 0.4) is 0 Å². The molecule has 1 amide bonds. The van der Waals surface area contributed by atoms with E-state index in [0.29, 0.717) is 12.3 Å². The Labute approximate surface area is 80.3 Å². The van der Waals surface area contributed by atoms with Crippen LogP contribution in [0.25, 0.3) is 0 Å². The maximum Gasteiger partial charge on any atom is 0.222 e. The fraction of sp³-hybridized carbons (Fsp3) is 0.909. The molecule has 0 aromatic carbocycles. The minimum atomic E-state index is 0.349. The van der Waals surface area contributed by atoms with Crippen LogP contribution < -0.4 is 0 Å². The maximum atomic E-state index is 11.5. The van der Waals surface area contributed by atoms with Gasteiger partial charge in [-0.2, -0.15) is 0 Å². The lowest BCUT2D eigenvalue weighted by Crippen LogP contribution is -2.29. The molecule has 2 nitrogen and oxygen atoms in total. The molecule has 3 atom stereocenters. The third-order valence-corrected chi connectivity index (χ3v) is 3.87. The van der Waals surface area contributed by atoms with Crippen LogP contribution in [-0.4, -0.2) is 23.9 Å². The molecule has 1 heterocycles. The molecule has 2 aliphatic rings. The van der Waals surface area contributed by atoms with Gasteiger partial charge in [0.25, 0.3) is 0 Å². The minimum absolute atomic E-state index is 0.349. The van der Waals surface area contributed by atoms with Gasteiger partial charge >= 0.3 is 0 Å². The summed E-state index contributed by atoms with van der Waals surface area (Å²) in [6, 6.07) is 0. The van der Waals surface area contributed by atoms with Gasteiger partial charge in [-0.1, -0.05) is 20.3 Å². The second-order valence-electron chi connectivity index (χ2n) is 4.63. The molecular weight excluding hydrogens is 162 g/mol. The number of hydrogen-bond acceptors (Lipinski definition) is 1. The van der Waals surface area contributed by atoms with E-state index in [2.05, 4.69) is 11.8 Å². The van der Waals surface area contributed by atoms with Crippen LogP contribution in [0.1, 0.15) is 33.1 Å². The van der Waals surface area contributed by atoms with E-state index >= 15 is 0 Å². The number of carbonyl (C=O) groups excluding carboxylic acids is 1. The van der Waals surface area contributed by atoms with Crippen molar-refractivity contribution in [3.63, 3.8) is 0 Å². The molecule has 1 aliphatic heterocycles. The summed E-state index contributed by atoms with van der Waals surface area (Å²) in [5, 5.41) is 0. The third-order valence-electron chi connectivity index (χ3n) is 3.87. The van der Waals surface area contributed by atoms with E-state index in [1.807, 2.05) is 6.92 Å². The van der Waals surface area contributed by atoms with Gasteiger partial charge < -0.3 is 4.90 Å². The number of rotatable bonds is 1. The predicted molar refractivity (Wildman–Crippen MR) is 52.2 cm³/mol. The van der Waals surface area contributed by atoms with Gasteiger partial charge in [0.2, 0.25) is 5.91 Å². The summed E-state index contributed by atoms with van der Waals surface area (Å²) >= 11 is 0. The van der Waals surface area contributed by atoms with Crippen LogP contribution in [0.5, 0.6) is 0 Å². The van der Waals surface area contributed by atoms with Crippen LogP contribution in [0.4, 0.5) is 0 Å². The summed E-state index contributed by atoms with van der Waals surface area (Å²) in [6.45, 7) is 6.38. The first-order valence-electron chi connectivity index (χ1n) is 5.50. The highest BCUT2D eigenvalue weighted by Crippen LogP contribution is 2.41. The lowest BCUT2D eigenvalue weighted by molar-refractivity contribution is -0.130. The van der Waals surface area contributed by atoms with Crippen molar-refractivity contribution < 1.29 is 4.79 Å². The number of fused-ring (bicyclic) bond motifs is 1. The number of amides is 1. The Hall–Kier alpha value is -0.530. The maximum absolute atomic E-state index is 11.5. The van der Waals surface area contributed by atoms with Crippen LogP contribution in [0.2, 0.25) is 0 Å². The van der Waals surface area contributed by atoms with Crippen molar-refractivity contribution in [1.29, 1.82) is 0 Å². The van der Waals surface area contributed by atoms with Crippen molar-refractivity contribution in [1.82, 2.24) is 4.90 Å². The summed E-state index contributed by atoms with van der Waals surface area (Å²) in [6.07, 6.45) is 3.40. The van der Waals surface area contributed by atoms with E-state index in [9.17, 15) is 4.79 Å².